The van der Waals surface area contributed by atoms with Gasteiger partial charge in [-0.3, -0.25) is 0 Å². The number of ether oxygens (including phenoxy) is 1. The smallest absolute Gasteiger partial charge is 0.119 e. The molecule has 0 bridgehead atoms. The van der Waals surface area contributed by atoms with Gasteiger partial charge in [0.25, 0.3) is 0 Å². The molecule has 2 atom stereocenters. The van der Waals surface area contributed by atoms with E-state index in [9.17, 15) is 5.11 Å². The molecule has 2 N–H and O–H groups in total. The van der Waals surface area contributed by atoms with E-state index >= 15 is 0 Å². The Morgan fingerprint density at radius 2 is 2.29 bits per heavy atom. The molecule has 1 saturated carbocycles. The maximum absolute atomic E-state index is 9.72. The molecule has 1 fully saturated rings. The molecule has 0 aliphatic heterocycles. The molecular weight excluding hydrogens is 214 g/mol. The highest BCUT2D eigenvalue weighted by molar-refractivity contribution is 5.28. The summed E-state index contributed by atoms with van der Waals surface area (Å²) in [5.41, 5.74) is 1.20. The molecule has 0 saturated heterocycles. The first-order valence-electron chi connectivity index (χ1n) is 6.43. The standard InChI is InChI=1S/C14H21NO2/c1-2-17-12-6-3-5-11(9-12)10-15-13-7-4-8-14(13)16/h3,5-6,9,13-16H,2,4,7-8,10H2,1H3/t13-,14+/m0/s1. The fourth-order valence-electron chi connectivity index (χ4n) is 2.34. The number of nitrogens with one attached hydrogen (secondary N) is 1. The van der Waals surface area contributed by atoms with Crippen molar-refractivity contribution in [2.45, 2.75) is 44.9 Å². The number of hydrogen-bond acceptors (Lipinski definition) is 3. The summed E-state index contributed by atoms with van der Waals surface area (Å²) < 4.78 is 5.46. The van der Waals surface area contributed by atoms with Crippen molar-refractivity contribution in [3.05, 3.63) is 29.8 Å². The van der Waals surface area contributed by atoms with Gasteiger partial charge in [-0.25, -0.2) is 0 Å². The second-order valence-corrected chi connectivity index (χ2v) is 4.57. The lowest BCUT2D eigenvalue weighted by molar-refractivity contribution is 0.148. The molecule has 0 aromatic heterocycles. The maximum atomic E-state index is 9.72. The zero-order valence-corrected chi connectivity index (χ0v) is 10.4. The van der Waals surface area contributed by atoms with Gasteiger partial charge in [0.05, 0.1) is 12.7 Å². The molecular formula is C14H21NO2. The van der Waals surface area contributed by atoms with Gasteiger partial charge in [0.1, 0.15) is 5.75 Å². The Balaban J connectivity index is 1.87. The van der Waals surface area contributed by atoms with Crippen molar-refractivity contribution < 1.29 is 9.84 Å². The van der Waals surface area contributed by atoms with E-state index in [4.69, 9.17) is 4.74 Å². The molecule has 3 nitrogen and oxygen atoms in total. The van der Waals surface area contributed by atoms with Crippen molar-refractivity contribution in [2.75, 3.05) is 6.61 Å². The molecule has 0 amide bonds. The van der Waals surface area contributed by atoms with Gasteiger partial charge in [-0.05, 0) is 43.9 Å². The van der Waals surface area contributed by atoms with Crippen LogP contribution >= 0.6 is 0 Å². The first-order chi connectivity index (χ1) is 8.29. The van der Waals surface area contributed by atoms with Gasteiger partial charge in [0.2, 0.25) is 0 Å². The third kappa shape index (κ3) is 3.45. The van der Waals surface area contributed by atoms with Crippen molar-refractivity contribution in [3.8, 4) is 5.75 Å². The molecule has 0 heterocycles. The van der Waals surface area contributed by atoms with Crippen LogP contribution in [0.15, 0.2) is 24.3 Å². The molecule has 0 unspecified atom stereocenters. The Morgan fingerprint density at radius 3 is 3.00 bits per heavy atom. The highest BCUT2D eigenvalue weighted by Crippen LogP contribution is 2.20. The van der Waals surface area contributed by atoms with Crippen LogP contribution in [-0.4, -0.2) is 23.9 Å². The number of benzene rings is 1. The van der Waals surface area contributed by atoms with E-state index in [2.05, 4.69) is 17.4 Å². The van der Waals surface area contributed by atoms with Crippen LogP contribution in [0.25, 0.3) is 0 Å². The molecule has 17 heavy (non-hydrogen) atoms. The Labute approximate surface area is 103 Å². The third-order valence-corrected chi connectivity index (χ3v) is 3.26. The minimum Gasteiger partial charge on any atom is -0.494 e. The summed E-state index contributed by atoms with van der Waals surface area (Å²) in [4.78, 5) is 0. The van der Waals surface area contributed by atoms with Crippen LogP contribution < -0.4 is 10.1 Å². The average molecular weight is 235 g/mol. The van der Waals surface area contributed by atoms with Gasteiger partial charge in [-0.1, -0.05) is 12.1 Å². The lowest BCUT2D eigenvalue weighted by atomic mass is 10.1. The van der Waals surface area contributed by atoms with E-state index in [1.807, 2.05) is 19.1 Å². The lowest BCUT2D eigenvalue weighted by Crippen LogP contribution is -2.35. The molecule has 2 rings (SSSR count). The summed E-state index contributed by atoms with van der Waals surface area (Å²) in [6.45, 7) is 3.47. The molecule has 0 radical (unpaired) electrons. The van der Waals surface area contributed by atoms with Gasteiger partial charge in [0.15, 0.2) is 0 Å². The zero-order valence-electron chi connectivity index (χ0n) is 10.4. The van der Waals surface area contributed by atoms with E-state index in [1.54, 1.807) is 0 Å². The summed E-state index contributed by atoms with van der Waals surface area (Å²) in [5, 5.41) is 13.1. The fourth-order valence-corrected chi connectivity index (χ4v) is 2.34. The number of rotatable bonds is 5. The summed E-state index contributed by atoms with van der Waals surface area (Å²) in [5.74, 6) is 0.916. The fraction of sp³-hybridized carbons (Fsp3) is 0.571. The van der Waals surface area contributed by atoms with Gasteiger partial charge in [-0.15, -0.1) is 0 Å². The predicted octanol–water partition coefficient (Wildman–Crippen LogP) is 2.09. The van der Waals surface area contributed by atoms with Crippen molar-refractivity contribution in [1.29, 1.82) is 0 Å². The van der Waals surface area contributed by atoms with Crippen LogP contribution in [0.3, 0.4) is 0 Å². The highest BCUT2D eigenvalue weighted by Gasteiger charge is 2.24. The molecule has 1 aliphatic rings. The van der Waals surface area contributed by atoms with E-state index in [0.29, 0.717) is 6.61 Å². The van der Waals surface area contributed by atoms with E-state index < -0.39 is 0 Å². The SMILES string of the molecule is CCOc1cccc(CN[C@H]2CCC[C@H]2O)c1. The Morgan fingerprint density at radius 1 is 1.41 bits per heavy atom. The summed E-state index contributed by atoms with van der Waals surface area (Å²) in [6, 6.07) is 8.37. The Kier molecular flexibility index (Phi) is 4.40. The lowest BCUT2D eigenvalue weighted by Gasteiger charge is -2.16. The summed E-state index contributed by atoms with van der Waals surface area (Å²) >= 11 is 0. The monoisotopic (exact) mass is 235 g/mol. The van der Waals surface area contributed by atoms with Gasteiger partial charge >= 0.3 is 0 Å². The van der Waals surface area contributed by atoms with Crippen molar-refractivity contribution >= 4 is 0 Å². The third-order valence-electron chi connectivity index (χ3n) is 3.26. The van der Waals surface area contributed by atoms with E-state index in [-0.39, 0.29) is 12.1 Å². The first-order valence-corrected chi connectivity index (χ1v) is 6.43. The van der Waals surface area contributed by atoms with Crippen LogP contribution in [0.4, 0.5) is 0 Å². The molecule has 1 aromatic rings. The quantitative estimate of drug-likeness (QED) is 0.821. The van der Waals surface area contributed by atoms with Crippen molar-refractivity contribution in [2.24, 2.45) is 0 Å². The van der Waals surface area contributed by atoms with Crippen molar-refractivity contribution in [1.82, 2.24) is 5.32 Å². The average Bonchev–Trinajstić information content (AvgIpc) is 2.73. The van der Waals surface area contributed by atoms with Gasteiger partial charge in [-0.2, -0.15) is 0 Å². The van der Waals surface area contributed by atoms with Crippen molar-refractivity contribution in [3.63, 3.8) is 0 Å². The minimum atomic E-state index is -0.176. The van der Waals surface area contributed by atoms with Gasteiger partial charge in [0, 0.05) is 12.6 Å². The van der Waals surface area contributed by atoms with Crippen LogP contribution in [0.1, 0.15) is 31.7 Å². The summed E-state index contributed by atoms with van der Waals surface area (Å²) in [6.07, 6.45) is 2.95. The second-order valence-electron chi connectivity index (χ2n) is 4.57. The molecule has 3 heteroatoms. The Bertz CT molecular complexity index is 354. The second kappa shape index (κ2) is 6.03. The minimum absolute atomic E-state index is 0.176. The topological polar surface area (TPSA) is 41.5 Å². The largest absolute Gasteiger partial charge is 0.494 e. The molecule has 0 spiro atoms. The van der Waals surface area contributed by atoms with Crippen LogP contribution in [0, 0.1) is 0 Å². The number of aliphatic hydroxyl groups excluding tert-OH is 1. The molecule has 1 aromatic carbocycles. The van der Waals surface area contributed by atoms with Crippen LogP contribution in [0.5, 0.6) is 5.75 Å². The van der Waals surface area contributed by atoms with Crippen LogP contribution in [-0.2, 0) is 6.54 Å². The summed E-state index contributed by atoms with van der Waals surface area (Å²) in [7, 11) is 0. The maximum Gasteiger partial charge on any atom is 0.119 e. The number of aliphatic hydroxyl groups is 1. The Hall–Kier alpha value is -1.06. The first kappa shape index (κ1) is 12.4. The zero-order chi connectivity index (χ0) is 12.1. The molecule has 94 valence electrons. The van der Waals surface area contributed by atoms with E-state index in [1.165, 1.54) is 5.56 Å². The van der Waals surface area contributed by atoms with Gasteiger partial charge < -0.3 is 15.2 Å². The number of hydrogen-bond donors (Lipinski definition) is 2. The highest BCUT2D eigenvalue weighted by atomic mass is 16.5. The normalized spacial score (nSPS) is 23.9. The molecule has 1 aliphatic carbocycles. The van der Waals surface area contributed by atoms with E-state index in [0.717, 1.165) is 31.6 Å². The van der Waals surface area contributed by atoms with Crippen LogP contribution in [0.2, 0.25) is 0 Å². The predicted molar refractivity (Wildman–Crippen MR) is 68.1 cm³/mol.